The monoisotopic (exact) mass is 526 g/mol. The van der Waals surface area contributed by atoms with Crippen LogP contribution in [0.1, 0.15) is 56.6 Å². The van der Waals surface area contributed by atoms with Crippen LogP contribution in [0.4, 0.5) is 10.6 Å². The molecule has 3 heterocycles. The van der Waals surface area contributed by atoms with Crippen LogP contribution in [0.25, 0.3) is 21.9 Å². The first kappa shape index (κ1) is 25.6. The number of para-hydroxylation sites is 1. The molecule has 3 N–H and O–H groups in total. The zero-order valence-corrected chi connectivity index (χ0v) is 22.6. The normalized spacial score (nSPS) is 20.4. The molecule has 39 heavy (non-hydrogen) atoms. The van der Waals surface area contributed by atoms with Gasteiger partial charge in [0.15, 0.2) is 5.82 Å². The Morgan fingerprint density at radius 2 is 1.90 bits per heavy atom. The smallest absolute Gasteiger partial charge is 0.317 e. The van der Waals surface area contributed by atoms with Gasteiger partial charge >= 0.3 is 6.03 Å². The maximum atomic E-state index is 12.8. The van der Waals surface area contributed by atoms with Crippen molar-refractivity contribution in [3.63, 3.8) is 0 Å². The Labute approximate surface area is 229 Å². The van der Waals surface area contributed by atoms with Gasteiger partial charge in [-0.3, -0.25) is 0 Å². The first-order valence-electron chi connectivity index (χ1n) is 14.3. The minimum Gasteiger partial charge on any atom is -0.382 e. The van der Waals surface area contributed by atoms with Crippen LogP contribution in [0.5, 0.6) is 0 Å². The summed E-state index contributed by atoms with van der Waals surface area (Å²) in [4.78, 5) is 23.9. The van der Waals surface area contributed by atoms with Gasteiger partial charge in [0.2, 0.25) is 0 Å². The number of nitrogens with zero attached hydrogens (tertiary/aromatic N) is 4. The Balaban J connectivity index is 0.962. The molecule has 2 fully saturated rings. The van der Waals surface area contributed by atoms with Gasteiger partial charge < -0.3 is 25.3 Å². The molecule has 8 heteroatoms. The number of ether oxygens (including phenoxy) is 1. The van der Waals surface area contributed by atoms with Crippen molar-refractivity contribution in [3.05, 3.63) is 66.5 Å². The molecule has 0 bridgehead atoms. The van der Waals surface area contributed by atoms with Crippen molar-refractivity contribution in [2.24, 2.45) is 5.92 Å². The average molecular weight is 527 g/mol. The van der Waals surface area contributed by atoms with Gasteiger partial charge in [-0.1, -0.05) is 55.5 Å². The number of pyridine rings is 1. The molecule has 1 saturated carbocycles. The highest BCUT2D eigenvalue weighted by Crippen LogP contribution is 2.40. The van der Waals surface area contributed by atoms with E-state index in [0.717, 1.165) is 73.7 Å². The summed E-state index contributed by atoms with van der Waals surface area (Å²) in [6, 6.07) is 19.1. The fourth-order valence-corrected chi connectivity index (χ4v) is 6.01. The molecule has 1 unspecified atom stereocenters. The number of nitrogen functional groups attached to an aromatic ring is 1. The second-order valence-electron chi connectivity index (χ2n) is 11.0. The molecule has 4 aromatic rings. The largest absolute Gasteiger partial charge is 0.382 e. The van der Waals surface area contributed by atoms with Crippen LogP contribution in [-0.4, -0.2) is 57.8 Å². The molecular weight excluding hydrogens is 488 g/mol. The number of hydrogen-bond acceptors (Lipinski definition) is 5. The summed E-state index contributed by atoms with van der Waals surface area (Å²) in [6.07, 6.45) is 6.93. The highest BCUT2D eigenvalue weighted by molar-refractivity contribution is 6.06. The molecule has 204 valence electrons. The fraction of sp³-hybridized carbons (Fsp3) is 0.452. The van der Waals surface area contributed by atoms with Gasteiger partial charge in [-0.25, -0.2) is 14.8 Å². The molecule has 2 aromatic heterocycles. The van der Waals surface area contributed by atoms with Crippen LogP contribution in [0.2, 0.25) is 0 Å². The SMILES string of the molecule is CCC(COCCC1CCN(C(=O)N[C@@H]2C[C@H]2c2ccccc2)CC1)n1cnc2c(N)nc3ccccc3c21. The zero-order valence-electron chi connectivity index (χ0n) is 22.6. The maximum Gasteiger partial charge on any atom is 0.317 e. The number of carbonyl (C=O) groups is 1. The number of amides is 2. The molecule has 8 nitrogen and oxygen atoms in total. The number of anilines is 1. The summed E-state index contributed by atoms with van der Waals surface area (Å²) in [7, 11) is 0. The van der Waals surface area contributed by atoms with Crippen LogP contribution < -0.4 is 11.1 Å². The van der Waals surface area contributed by atoms with E-state index >= 15 is 0 Å². The van der Waals surface area contributed by atoms with Crippen LogP contribution in [-0.2, 0) is 4.74 Å². The van der Waals surface area contributed by atoms with Crippen molar-refractivity contribution < 1.29 is 9.53 Å². The van der Waals surface area contributed by atoms with Gasteiger partial charge in [-0.2, -0.15) is 0 Å². The third kappa shape index (κ3) is 5.43. The Kier molecular flexibility index (Phi) is 7.37. The Hall–Kier alpha value is -3.65. The lowest BCUT2D eigenvalue weighted by Crippen LogP contribution is -2.45. The minimum atomic E-state index is 0.0924. The molecule has 1 saturated heterocycles. The van der Waals surface area contributed by atoms with E-state index in [4.69, 9.17) is 10.5 Å². The third-order valence-corrected chi connectivity index (χ3v) is 8.51. The molecule has 6 rings (SSSR count). The van der Waals surface area contributed by atoms with E-state index in [-0.39, 0.29) is 18.1 Å². The number of likely N-dealkylation sites (tertiary alicyclic amines) is 1. The summed E-state index contributed by atoms with van der Waals surface area (Å²) in [5.74, 6) is 1.52. The zero-order chi connectivity index (χ0) is 26.8. The van der Waals surface area contributed by atoms with Gasteiger partial charge in [0.1, 0.15) is 5.52 Å². The van der Waals surface area contributed by atoms with Crippen molar-refractivity contribution in [1.29, 1.82) is 0 Å². The first-order valence-corrected chi connectivity index (χ1v) is 14.3. The lowest BCUT2D eigenvalue weighted by molar-refractivity contribution is 0.0819. The standard InChI is InChI=1S/C31H38N6O2/c1-2-23(37-20-33-28-29(37)24-10-6-7-11-26(24)34-30(28)32)19-39-17-14-21-12-15-36(16-13-21)31(38)35-27-18-25(27)22-8-4-3-5-9-22/h3-11,20-21,23,25,27H,2,12-19H2,1H3,(H2,32,34)(H,35,38)/t23?,25-,27+/m0/s1. The van der Waals surface area contributed by atoms with Crippen molar-refractivity contribution >= 4 is 33.8 Å². The highest BCUT2D eigenvalue weighted by Gasteiger charge is 2.40. The van der Waals surface area contributed by atoms with Gasteiger partial charge in [0, 0.05) is 37.0 Å². The van der Waals surface area contributed by atoms with E-state index in [1.54, 1.807) is 0 Å². The van der Waals surface area contributed by atoms with Crippen molar-refractivity contribution in [2.45, 2.75) is 57.0 Å². The van der Waals surface area contributed by atoms with E-state index < -0.39 is 0 Å². The summed E-state index contributed by atoms with van der Waals surface area (Å²) in [5, 5.41) is 4.30. The molecule has 2 amide bonds. The van der Waals surface area contributed by atoms with Crippen molar-refractivity contribution in [3.8, 4) is 0 Å². The number of urea groups is 1. The van der Waals surface area contributed by atoms with Gasteiger partial charge in [-0.15, -0.1) is 0 Å². The predicted molar refractivity (Wildman–Crippen MR) is 155 cm³/mol. The van der Waals surface area contributed by atoms with E-state index in [1.807, 2.05) is 35.5 Å². The predicted octanol–water partition coefficient (Wildman–Crippen LogP) is 5.50. The Morgan fingerprint density at radius 1 is 1.13 bits per heavy atom. The number of fused-ring (bicyclic) bond motifs is 3. The summed E-state index contributed by atoms with van der Waals surface area (Å²) in [5.41, 5.74) is 10.2. The number of nitrogens with two attached hydrogens (primary N) is 1. The number of benzene rings is 2. The maximum absolute atomic E-state index is 12.8. The van der Waals surface area contributed by atoms with Crippen molar-refractivity contribution in [2.75, 3.05) is 32.0 Å². The molecule has 2 aliphatic rings. The van der Waals surface area contributed by atoms with E-state index in [1.165, 1.54) is 5.56 Å². The number of imidazole rings is 1. The second-order valence-corrected chi connectivity index (χ2v) is 11.0. The molecule has 1 aliphatic heterocycles. The second kappa shape index (κ2) is 11.2. The molecule has 0 spiro atoms. The summed E-state index contributed by atoms with van der Waals surface area (Å²) in [6.45, 7) is 5.17. The molecule has 2 aromatic carbocycles. The topological polar surface area (TPSA) is 98.3 Å². The molecule has 1 aliphatic carbocycles. The first-order chi connectivity index (χ1) is 19.1. The number of nitrogens with one attached hydrogen (secondary N) is 1. The summed E-state index contributed by atoms with van der Waals surface area (Å²) >= 11 is 0. The summed E-state index contributed by atoms with van der Waals surface area (Å²) < 4.78 is 8.41. The van der Waals surface area contributed by atoms with Crippen LogP contribution >= 0.6 is 0 Å². The number of aromatic nitrogens is 3. The Morgan fingerprint density at radius 3 is 2.69 bits per heavy atom. The van der Waals surface area contributed by atoms with Crippen molar-refractivity contribution in [1.82, 2.24) is 24.8 Å². The number of hydrogen-bond donors (Lipinski definition) is 2. The third-order valence-electron chi connectivity index (χ3n) is 8.51. The number of rotatable bonds is 9. The average Bonchev–Trinajstić information content (AvgIpc) is 3.59. The number of piperidine rings is 1. The highest BCUT2D eigenvalue weighted by atomic mass is 16.5. The Bertz CT molecular complexity index is 1430. The minimum absolute atomic E-state index is 0.0924. The van der Waals surface area contributed by atoms with Crippen LogP contribution in [0, 0.1) is 5.92 Å². The van der Waals surface area contributed by atoms with Crippen LogP contribution in [0.3, 0.4) is 0 Å². The molecule has 0 radical (unpaired) electrons. The van der Waals surface area contributed by atoms with Gasteiger partial charge in [0.25, 0.3) is 0 Å². The molecular formula is C31H38N6O2. The van der Waals surface area contributed by atoms with Crippen LogP contribution in [0.15, 0.2) is 60.9 Å². The fourth-order valence-electron chi connectivity index (χ4n) is 6.01. The van der Waals surface area contributed by atoms with E-state index in [2.05, 4.69) is 57.1 Å². The van der Waals surface area contributed by atoms with E-state index in [0.29, 0.717) is 24.3 Å². The quantitative estimate of drug-likeness (QED) is 0.281. The lowest BCUT2D eigenvalue weighted by Gasteiger charge is -2.32. The van der Waals surface area contributed by atoms with E-state index in [9.17, 15) is 4.79 Å². The molecule has 3 atom stereocenters. The van der Waals surface area contributed by atoms with Gasteiger partial charge in [0.05, 0.1) is 30.0 Å². The number of carbonyl (C=O) groups excluding carboxylic acids is 1. The lowest BCUT2D eigenvalue weighted by atomic mass is 9.94. The van der Waals surface area contributed by atoms with Gasteiger partial charge in [-0.05, 0) is 49.7 Å².